The van der Waals surface area contributed by atoms with Crippen molar-refractivity contribution in [1.29, 1.82) is 0 Å². The molecule has 3 heterocycles. The molecule has 1 aromatic carbocycles. The van der Waals surface area contributed by atoms with Crippen LogP contribution >= 0.6 is 0 Å². The van der Waals surface area contributed by atoms with Crippen molar-refractivity contribution in [1.82, 2.24) is 20.0 Å². The van der Waals surface area contributed by atoms with Gasteiger partial charge in [-0.25, -0.2) is 14.6 Å². The van der Waals surface area contributed by atoms with Crippen LogP contribution in [0.5, 0.6) is 0 Å². The molecule has 4 rings (SSSR count). The molecule has 0 unspecified atom stereocenters. The fraction of sp³-hybridized carbons (Fsp3) is 0.238. The van der Waals surface area contributed by atoms with Crippen LogP contribution in [-0.4, -0.2) is 33.0 Å². The van der Waals surface area contributed by atoms with Gasteiger partial charge in [-0.15, -0.1) is 0 Å². The molecule has 0 radical (unpaired) electrons. The smallest absolute Gasteiger partial charge is 0.364 e. The number of amides is 2. The molecule has 1 atom stereocenters. The minimum Gasteiger partial charge on any atom is -0.364 e. The number of halogens is 3. The molecule has 172 valence electrons. The molecule has 2 amide bonds. The molecule has 0 aliphatic carbocycles. The van der Waals surface area contributed by atoms with E-state index in [1.54, 1.807) is 12.1 Å². The second-order valence-corrected chi connectivity index (χ2v) is 7.51. The van der Waals surface area contributed by atoms with Gasteiger partial charge in [0.05, 0.1) is 11.6 Å². The van der Waals surface area contributed by atoms with E-state index in [1.165, 1.54) is 16.8 Å². The van der Waals surface area contributed by atoms with Gasteiger partial charge in [-0.2, -0.15) is 13.2 Å². The number of hydrogen-bond donors (Lipinski definition) is 4. The molecule has 0 saturated carbocycles. The SMILES string of the molecule is NC(=O)c1c(-c2ccc(C(=O)Nc3cc(C(F)(F)F)ccn3)cc2)nc([C@@H]2CCCN2)n1N. The number of nitrogens with zero attached hydrogens (tertiary/aromatic N) is 3. The minimum atomic E-state index is -4.55. The maximum atomic E-state index is 12.9. The van der Waals surface area contributed by atoms with Gasteiger partial charge in [-0.1, -0.05) is 12.1 Å². The maximum absolute atomic E-state index is 12.9. The molecule has 0 spiro atoms. The number of rotatable bonds is 5. The zero-order chi connectivity index (χ0) is 23.8. The average Bonchev–Trinajstić information content (AvgIpc) is 3.41. The standard InChI is InChI=1S/C21H20F3N7O2/c22-21(23,24)13-7-9-28-15(10-13)29-20(33)12-5-3-11(4-6-12)16-17(18(25)32)31(26)19(30-16)14-2-1-8-27-14/h3-7,9-10,14,27H,1-2,8,26H2,(H2,25,32)(H,28,29,33)/t14-/m0/s1. The maximum Gasteiger partial charge on any atom is 0.416 e. The molecule has 1 aliphatic rings. The van der Waals surface area contributed by atoms with E-state index in [0.29, 0.717) is 11.4 Å². The summed E-state index contributed by atoms with van der Waals surface area (Å²) >= 11 is 0. The first-order chi connectivity index (χ1) is 15.6. The lowest BCUT2D eigenvalue weighted by atomic mass is 10.1. The quantitative estimate of drug-likeness (QED) is 0.432. The second kappa shape index (κ2) is 8.54. The zero-order valence-electron chi connectivity index (χ0n) is 17.2. The van der Waals surface area contributed by atoms with Crippen LogP contribution in [0.15, 0.2) is 42.6 Å². The first-order valence-corrected chi connectivity index (χ1v) is 10.0. The molecular formula is C21H20F3N7O2. The van der Waals surface area contributed by atoms with Crippen LogP contribution in [0.25, 0.3) is 11.3 Å². The van der Waals surface area contributed by atoms with Gasteiger partial charge < -0.3 is 22.2 Å². The van der Waals surface area contributed by atoms with Crippen molar-refractivity contribution in [2.75, 3.05) is 17.7 Å². The first-order valence-electron chi connectivity index (χ1n) is 10.0. The summed E-state index contributed by atoms with van der Waals surface area (Å²) < 4.78 is 39.8. The third-order valence-electron chi connectivity index (χ3n) is 5.29. The Bertz CT molecular complexity index is 1200. The lowest BCUT2D eigenvalue weighted by molar-refractivity contribution is -0.137. The van der Waals surface area contributed by atoms with Gasteiger partial charge in [0.15, 0.2) is 5.69 Å². The van der Waals surface area contributed by atoms with Crippen molar-refractivity contribution in [3.63, 3.8) is 0 Å². The van der Waals surface area contributed by atoms with Crippen molar-refractivity contribution in [3.8, 4) is 11.3 Å². The van der Waals surface area contributed by atoms with E-state index in [1.807, 2.05) is 0 Å². The van der Waals surface area contributed by atoms with Crippen molar-refractivity contribution in [2.24, 2.45) is 5.73 Å². The van der Waals surface area contributed by atoms with Crippen LogP contribution in [0.4, 0.5) is 19.0 Å². The van der Waals surface area contributed by atoms with E-state index in [9.17, 15) is 22.8 Å². The number of imidazole rings is 1. The predicted molar refractivity (Wildman–Crippen MR) is 114 cm³/mol. The van der Waals surface area contributed by atoms with Gasteiger partial charge >= 0.3 is 6.18 Å². The lowest BCUT2D eigenvalue weighted by Crippen LogP contribution is -2.27. The zero-order valence-corrected chi connectivity index (χ0v) is 17.2. The molecule has 12 heteroatoms. The Labute approximate surface area is 186 Å². The summed E-state index contributed by atoms with van der Waals surface area (Å²) in [6.07, 6.45) is -1.83. The number of nitrogens with two attached hydrogens (primary N) is 2. The minimum absolute atomic E-state index is 0.0315. The van der Waals surface area contributed by atoms with Crippen LogP contribution in [-0.2, 0) is 6.18 Å². The molecule has 3 aromatic rings. The van der Waals surface area contributed by atoms with Crippen LogP contribution < -0.4 is 22.2 Å². The average molecular weight is 459 g/mol. The highest BCUT2D eigenvalue weighted by atomic mass is 19.4. The van der Waals surface area contributed by atoms with E-state index >= 15 is 0 Å². The Morgan fingerprint density at radius 1 is 1.18 bits per heavy atom. The van der Waals surface area contributed by atoms with Gasteiger partial charge in [0, 0.05) is 17.3 Å². The van der Waals surface area contributed by atoms with Gasteiger partial charge in [0.2, 0.25) is 0 Å². The van der Waals surface area contributed by atoms with Crippen LogP contribution in [0.3, 0.4) is 0 Å². The van der Waals surface area contributed by atoms with Crippen molar-refractivity contribution in [3.05, 3.63) is 65.2 Å². The second-order valence-electron chi connectivity index (χ2n) is 7.51. The number of aromatic nitrogens is 3. The molecule has 1 saturated heterocycles. The Kier molecular flexibility index (Phi) is 5.77. The Hall–Kier alpha value is -3.93. The van der Waals surface area contributed by atoms with Crippen molar-refractivity contribution in [2.45, 2.75) is 25.1 Å². The summed E-state index contributed by atoms with van der Waals surface area (Å²) in [5.74, 6) is 4.94. The fourth-order valence-electron chi connectivity index (χ4n) is 3.68. The van der Waals surface area contributed by atoms with Crippen molar-refractivity contribution < 1.29 is 22.8 Å². The van der Waals surface area contributed by atoms with Crippen LogP contribution in [0.2, 0.25) is 0 Å². The number of carbonyl (C=O) groups is 2. The molecule has 9 nitrogen and oxygen atoms in total. The van der Waals surface area contributed by atoms with Gasteiger partial charge in [-0.3, -0.25) is 9.59 Å². The number of anilines is 1. The highest BCUT2D eigenvalue weighted by Crippen LogP contribution is 2.31. The van der Waals surface area contributed by atoms with E-state index in [0.717, 1.165) is 37.7 Å². The monoisotopic (exact) mass is 459 g/mol. The Balaban J connectivity index is 1.58. The summed E-state index contributed by atoms with van der Waals surface area (Å²) in [5.41, 5.74) is 5.58. The van der Waals surface area contributed by atoms with E-state index in [2.05, 4.69) is 20.6 Å². The number of primary amides is 1. The number of nitrogens with one attached hydrogen (secondary N) is 2. The number of pyridine rings is 1. The van der Waals surface area contributed by atoms with E-state index in [4.69, 9.17) is 11.6 Å². The number of benzene rings is 1. The number of nitrogen functional groups attached to an aromatic ring is 1. The Morgan fingerprint density at radius 3 is 2.52 bits per heavy atom. The van der Waals surface area contributed by atoms with Gasteiger partial charge in [0.1, 0.15) is 17.3 Å². The Morgan fingerprint density at radius 2 is 1.91 bits per heavy atom. The van der Waals surface area contributed by atoms with Gasteiger partial charge in [0.25, 0.3) is 11.8 Å². The molecule has 1 fully saturated rings. The largest absolute Gasteiger partial charge is 0.416 e. The molecular weight excluding hydrogens is 439 g/mol. The first kappa shape index (κ1) is 22.3. The summed E-state index contributed by atoms with van der Waals surface area (Å²) in [4.78, 5) is 32.8. The molecule has 33 heavy (non-hydrogen) atoms. The summed E-state index contributed by atoms with van der Waals surface area (Å²) in [6, 6.07) is 7.46. The number of hydrogen-bond acceptors (Lipinski definition) is 6. The number of alkyl halides is 3. The molecule has 1 aliphatic heterocycles. The highest BCUT2D eigenvalue weighted by molar-refractivity contribution is 6.04. The third-order valence-corrected chi connectivity index (χ3v) is 5.29. The van der Waals surface area contributed by atoms with Gasteiger partial charge in [-0.05, 0) is 43.7 Å². The summed E-state index contributed by atoms with van der Waals surface area (Å²) in [7, 11) is 0. The summed E-state index contributed by atoms with van der Waals surface area (Å²) in [6.45, 7) is 0.809. The highest BCUT2D eigenvalue weighted by Gasteiger charge is 2.31. The number of carbonyl (C=O) groups excluding carboxylic acids is 2. The summed E-state index contributed by atoms with van der Waals surface area (Å²) in [5, 5.41) is 5.60. The third kappa shape index (κ3) is 4.51. The topological polar surface area (TPSA) is 141 Å². The van der Waals surface area contributed by atoms with E-state index in [-0.39, 0.29) is 28.8 Å². The van der Waals surface area contributed by atoms with Crippen molar-refractivity contribution >= 4 is 17.6 Å². The predicted octanol–water partition coefficient (Wildman–Crippen LogP) is 2.45. The molecule has 6 N–H and O–H groups in total. The molecule has 0 bridgehead atoms. The fourth-order valence-corrected chi connectivity index (χ4v) is 3.68. The lowest BCUT2D eigenvalue weighted by Gasteiger charge is -2.09. The normalized spacial score (nSPS) is 16.0. The van der Waals surface area contributed by atoms with Crippen LogP contribution in [0.1, 0.15) is 51.1 Å². The van der Waals surface area contributed by atoms with Crippen LogP contribution in [0, 0.1) is 0 Å². The molecule has 2 aromatic heterocycles. The van der Waals surface area contributed by atoms with E-state index < -0.39 is 23.6 Å².